The van der Waals surface area contributed by atoms with E-state index in [4.69, 9.17) is 0 Å². The molecule has 0 heterocycles. The molecule has 0 aliphatic rings. The third-order valence-corrected chi connectivity index (χ3v) is 3.78. The Morgan fingerprint density at radius 1 is 1.38 bits per heavy atom. The highest BCUT2D eigenvalue weighted by molar-refractivity contribution is 8.04. The fourth-order valence-corrected chi connectivity index (χ4v) is 2.41. The Labute approximate surface area is 108 Å². The van der Waals surface area contributed by atoms with Crippen LogP contribution in [0, 0.1) is 13.8 Å². The molecule has 0 N–H and O–H groups in total. The van der Waals surface area contributed by atoms with Gasteiger partial charge in [-0.1, -0.05) is 48.7 Å². The Balaban J connectivity index is 2.98. The van der Waals surface area contributed by atoms with Gasteiger partial charge in [-0.15, -0.1) is 12.6 Å². The molecule has 0 aromatic heterocycles. The molecular weight excluding hydrogens is 232 g/mol. The number of hydrogen-bond donors (Lipinski definition) is 1. The molecule has 0 bridgehead atoms. The molecule has 0 aliphatic carbocycles. The Hall–Kier alpha value is -0.860. The van der Waals surface area contributed by atoms with E-state index in [9.17, 15) is 0 Å². The lowest BCUT2D eigenvalue weighted by atomic mass is 10.2. The SMILES string of the molecule is C=C/C=C(/Sc1ccc(C)cc1C)C(=C)S. The summed E-state index contributed by atoms with van der Waals surface area (Å²) in [5, 5.41) is 0. The van der Waals surface area contributed by atoms with Crippen LogP contribution in [0.1, 0.15) is 11.1 Å². The molecule has 0 unspecified atom stereocenters. The highest BCUT2D eigenvalue weighted by Crippen LogP contribution is 2.34. The second-order valence-corrected chi connectivity index (χ2v) is 5.21. The maximum Gasteiger partial charge on any atom is 0.0249 e. The molecule has 0 saturated carbocycles. The first-order valence-electron chi connectivity index (χ1n) is 5.00. The van der Waals surface area contributed by atoms with E-state index in [-0.39, 0.29) is 0 Å². The number of rotatable bonds is 4. The molecule has 1 aromatic carbocycles. The summed E-state index contributed by atoms with van der Waals surface area (Å²) in [6.07, 6.45) is 3.69. The number of allylic oxidation sites excluding steroid dienone is 2. The Morgan fingerprint density at radius 2 is 2.06 bits per heavy atom. The summed E-state index contributed by atoms with van der Waals surface area (Å²) in [5.74, 6) is 0. The van der Waals surface area contributed by atoms with E-state index < -0.39 is 0 Å². The number of hydrogen-bond acceptors (Lipinski definition) is 2. The van der Waals surface area contributed by atoms with Gasteiger partial charge in [-0.05, 0) is 31.6 Å². The van der Waals surface area contributed by atoms with Crippen molar-refractivity contribution in [3.8, 4) is 0 Å². The van der Waals surface area contributed by atoms with Crippen LogP contribution in [0.15, 0.2) is 58.2 Å². The monoisotopic (exact) mass is 248 g/mol. The van der Waals surface area contributed by atoms with E-state index in [1.54, 1.807) is 17.8 Å². The lowest BCUT2D eigenvalue weighted by Gasteiger charge is -2.09. The van der Waals surface area contributed by atoms with Crippen LogP contribution in [0.4, 0.5) is 0 Å². The number of thiol groups is 1. The van der Waals surface area contributed by atoms with Gasteiger partial charge in [-0.25, -0.2) is 0 Å². The van der Waals surface area contributed by atoms with E-state index >= 15 is 0 Å². The first kappa shape index (κ1) is 13.2. The van der Waals surface area contributed by atoms with Crippen molar-refractivity contribution in [2.75, 3.05) is 0 Å². The fourth-order valence-electron chi connectivity index (χ4n) is 1.33. The van der Waals surface area contributed by atoms with Gasteiger partial charge < -0.3 is 0 Å². The van der Waals surface area contributed by atoms with Crippen LogP contribution in [-0.4, -0.2) is 0 Å². The molecule has 0 amide bonds. The lowest BCUT2D eigenvalue weighted by Crippen LogP contribution is -1.83. The minimum Gasteiger partial charge on any atom is -0.143 e. The van der Waals surface area contributed by atoms with E-state index in [0.29, 0.717) is 0 Å². The fraction of sp³-hybridized carbons (Fsp3) is 0.143. The zero-order chi connectivity index (χ0) is 12.1. The van der Waals surface area contributed by atoms with Crippen LogP contribution in [0.25, 0.3) is 0 Å². The van der Waals surface area contributed by atoms with Gasteiger partial charge in [-0.3, -0.25) is 0 Å². The van der Waals surface area contributed by atoms with Gasteiger partial charge >= 0.3 is 0 Å². The molecule has 0 saturated heterocycles. The Morgan fingerprint density at radius 3 is 2.56 bits per heavy atom. The summed E-state index contributed by atoms with van der Waals surface area (Å²) < 4.78 is 0. The molecule has 84 valence electrons. The van der Waals surface area contributed by atoms with Crippen LogP contribution in [-0.2, 0) is 0 Å². The average Bonchev–Trinajstić information content (AvgIpc) is 2.20. The Bertz CT molecular complexity index is 442. The van der Waals surface area contributed by atoms with Crippen LogP contribution < -0.4 is 0 Å². The summed E-state index contributed by atoms with van der Waals surface area (Å²) in [7, 11) is 0. The maximum absolute atomic E-state index is 4.28. The number of aryl methyl sites for hydroxylation is 2. The van der Waals surface area contributed by atoms with Crippen molar-refractivity contribution in [3.63, 3.8) is 0 Å². The summed E-state index contributed by atoms with van der Waals surface area (Å²) in [6, 6.07) is 6.42. The summed E-state index contributed by atoms with van der Waals surface area (Å²) in [5.41, 5.74) is 2.55. The molecule has 0 atom stereocenters. The third-order valence-electron chi connectivity index (χ3n) is 2.10. The summed E-state index contributed by atoms with van der Waals surface area (Å²) in [4.78, 5) is 3.03. The normalized spacial score (nSPS) is 11.3. The molecule has 0 radical (unpaired) electrons. The molecule has 1 aromatic rings. The largest absolute Gasteiger partial charge is 0.143 e. The zero-order valence-corrected chi connectivity index (χ0v) is 11.4. The molecule has 16 heavy (non-hydrogen) atoms. The van der Waals surface area contributed by atoms with E-state index in [1.807, 2.05) is 6.08 Å². The van der Waals surface area contributed by atoms with Crippen molar-refractivity contribution < 1.29 is 0 Å². The third kappa shape index (κ3) is 3.62. The van der Waals surface area contributed by atoms with Gasteiger partial charge in [0.1, 0.15) is 0 Å². The van der Waals surface area contributed by atoms with Crippen molar-refractivity contribution >= 4 is 24.4 Å². The van der Waals surface area contributed by atoms with Gasteiger partial charge in [0.25, 0.3) is 0 Å². The standard InChI is InChI=1S/C14H16S2/c1-5-6-14(12(4)15)16-13-8-7-10(2)9-11(13)3/h5-9,15H,1,4H2,2-3H3/b14-6+. The van der Waals surface area contributed by atoms with Crippen molar-refractivity contribution in [2.45, 2.75) is 18.7 Å². The van der Waals surface area contributed by atoms with Gasteiger partial charge in [-0.2, -0.15) is 0 Å². The molecule has 0 fully saturated rings. The molecule has 0 nitrogen and oxygen atoms in total. The predicted octanol–water partition coefficient (Wildman–Crippen LogP) is 4.91. The zero-order valence-electron chi connectivity index (χ0n) is 9.66. The highest BCUT2D eigenvalue weighted by Gasteiger charge is 2.04. The number of thioether (sulfide) groups is 1. The van der Waals surface area contributed by atoms with Crippen LogP contribution in [0.2, 0.25) is 0 Å². The van der Waals surface area contributed by atoms with E-state index in [0.717, 1.165) is 9.81 Å². The maximum atomic E-state index is 4.28. The second kappa shape index (κ2) is 6.02. The molecule has 2 heteroatoms. The van der Waals surface area contributed by atoms with Crippen molar-refractivity contribution in [3.05, 3.63) is 64.4 Å². The van der Waals surface area contributed by atoms with Crippen molar-refractivity contribution in [2.24, 2.45) is 0 Å². The van der Waals surface area contributed by atoms with Crippen LogP contribution >= 0.6 is 24.4 Å². The van der Waals surface area contributed by atoms with Gasteiger partial charge in [0.15, 0.2) is 0 Å². The topological polar surface area (TPSA) is 0 Å². The van der Waals surface area contributed by atoms with Crippen molar-refractivity contribution in [1.29, 1.82) is 0 Å². The molecule has 1 rings (SSSR count). The minimum absolute atomic E-state index is 0.768. The smallest absolute Gasteiger partial charge is 0.0249 e. The first-order chi connectivity index (χ1) is 7.54. The summed E-state index contributed by atoms with van der Waals surface area (Å²) in [6.45, 7) is 11.8. The molecule has 0 aliphatic heterocycles. The van der Waals surface area contributed by atoms with E-state index in [1.165, 1.54) is 16.0 Å². The average molecular weight is 248 g/mol. The van der Waals surface area contributed by atoms with E-state index in [2.05, 4.69) is 57.8 Å². The van der Waals surface area contributed by atoms with Crippen LogP contribution in [0.5, 0.6) is 0 Å². The Kier molecular flexibility index (Phi) is 4.97. The molecule has 0 spiro atoms. The quantitative estimate of drug-likeness (QED) is 0.449. The van der Waals surface area contributed by atoms with Gasteiger partial charge in [0, 0.05) is 14.7 Å². The van der Waals surface area contributed by atoms with Gasteiger partial charge in [0.2, 0.25) is 0 Å². The highest BCUT2D eigenvalue weighted by atomic mass is 32.2. The second-order valence-electron chi connectivity index (χ2n) is 3.58. The number of benzene rings is 1. The predicted molar refractivity (Wildman–Crippen MR) is 78.2 cm³/mol. The van der Waals surface area contributed by atoms with Crippen LogP contribution in [0.3, 0.4) is 0 Å². The van der Waals surface area contributed by atoms with Gasteiger partial charge in [0.05, 0.1) is 0 Å². The summed E-state index contributed by atoms with van der Waals surface area (Å²) >= 11 is 5.95. The minimum atomic E-state index is 0.768. The van der Waals surface area contributed by atoms with Crippen molar-refractivity contribution in [1.82, 2.24) is 0 Å². The lowest BCUT2D eigenvalue weighted by molar-refractivity contribution is 1.27. The first-order valence-corrected chi connectivity index (χ1v) is 6.27. The molecular formula is C14H16S2.